The third kappa shape index (κ3) is 5.66. The van der Waals surface area contributed by atoms with Gasteiger partial charge < -0.3 is 14.4 Å². The van der Waals surface area contributed by atoms with Crippen molar-refractivity contribution in [3.8, 4) is 22.8 Å². The summed E-state index contributed by atoms with van der Waals surface area (Å²) in [6.45, 7) is 1.83. The van der Waals surface area contributed by atoms with E-state index in [0.29, 0.717) is 25.4 Å². The lowest BCUT2D eigenvalue weighted by Crippen LogP contribution is -2.29. The molecule has 1 amide bonds. The Bertz CT molecular complexity index is 1050. The average molecular weight is 438 g/mol. The second-order valence-corrected chi connectivity index (χ2v) is 8.07. The maximum atomic E-state index is 13.1. The van der Waals surface area contributed by atoms with Crippen molar-refractivity contribution < 1.29 is 18.7 Å². The van der Waals surface area contributed by atoms with Gasteiger partial charge in [-0.05, 0) is 67.3 Å². The third-order valence-electron chi connectivity index (χ3n) is 5.60. The molecule has 0 fully saturated rings. The van der Waals surface area contributed by atoms with Gasteiger partial charge in [-0.2, -0.15) is 5.10 Å². The number of H-pyrrole nitrogens is 1. The number of benzene rings is 2. The molecule has 1 aliphatic heterocycles. The predicted octanol–water partition coefficient (Wildman–Crippen LogP) is 4.40. The monoisotopic (exact) mass is 437 g/mol. The van der Waals surface area contributed by atoms with E-state index in [1.165, 1.54) is 12.1 Å². The smallest absolute Gasteiger partial charge is 0.226 e. The fraction of sp³-hybridized carbons (Fsp3) is 0.360. The fourth-order valence-corrected chi connectivity index (χ4v) is 3.73. The summed E-state index contributed by atoms with van der Waals surface area (Å²) in [6, 6.07) is 14.0. The van der Waals surface area contributed by atoms with Gasteiger partial charge in [0.05, 0.1) is 12.1 Å². The molecule has 0 bridgehead atoms. The number of halogens is 1. The van der Waals surface area contributed by atoms with E-state index >= 15 is 0 Å². The van der Waals surface area contributed by atoms with Crippen LogP contribution >= 0.6 is 0 Å². The maximum Gasteiger partial charge on any atom is 0.226 e. The van der Waals surface area contributed by atoms with Gasteiger partial charge in [0.2, 0.25) is 5.91 Å². The highest BCUT2D eigenvalue weighted by molar-refractivity contribution is 5.78. The number of aromatic amines is 1. The molecule has 0 saturated heterocycles. The van der Waals surface area contributed by atoms with Gasteiger partial charge in [0.15, 0.2) is 11.5 Å². The first-order valence-corrected chi connectivity index (χ1v) is 11.0. The molecule has 0 unspecified atom stereocenters. The number of carbonyl (C=O) groups is 1. The van der Waals surface area contributed by atoms with Crippen LogP contribution in [0.3, 0.4) is 0 Å². The Hall–Kier alpha value is -3.35. The molecular weight excluding hydrogens is 409 g/mol. The van der Waals surface area contributed by atoms with Crippen LogP contribution in [0.15, 0.2) is 48.5 Å². The van der Waals surface area contributed by atoms with E-state index < -0.39 is 0 Å². The second kappa shape index (κ2) is 10.3. The van der Waals surface area contributed by atoms with Crippen molar-refractivity contribution in [2.24, 2.45) is 0 Å². The van der Waals surface area contributed by atoms with Crippen LogP contribution in [-0.4, -0.2) is 47.8 Å². The SMILES string of the molecule is CN(CCCCCc1cc(-c2ccc(F)cc2)n[nH]1)C(=O)Cc1ccc2c(c1)OCCO2. The van der Waals surface area contributed by atoms with E-state index in [2.05, 4.69) is 10.2 Å². The van der Waals surface area contributed by atoms with Crippen molar-refractivity contribution in [2.75, 3.05) is 26.8 Å². The first kappa shape index (κ1) is 21.9. The van der Waals surface area contributed by atoms with Crippen LogP contribution in [0.4, 0.5) is 4.39 Å². The number of likely N-dealkylation sites (N-methyl/N-ethyl adjacent to an activating group) is 1. The van der Waals surface area contributed by atoms with Gasteiger partial charge in [-0.3, -0.25) is 9.89 Å². The summed E-state index contributed by atoms with van der Waals surface area (Å²) >= 11 is 0. The van der Waals surface area contributed by atoms with Gasteiger partial charge in [0.25, 0.3) is 0 Å². The van der Waals surface area contributed by atoms with Gasteiger partial charge in [-0.1, -0.05) is 12.5 Å². The van der Waals surface area contributed by atoms with Crippen LogP contribution in [-0.2, 0) is 17.6 Å². The highest BCUT2D eigenvalue weighted by Crippen LogP contribution is 2.31. The predicted molar refractivity (Wildman–Crippen MR) is 120 cm³/mol. The molecule has 3 aromatic rings. The molecule has 6 nitrogen and oxygen atoms in total. The minimum Gasteiger partial charge on any atom is -0.486 e. The van der Waals surface area contributed by atoms with E-state index in [-0.39, 0.29) is 11.7 Å². The number of aryl methyl sites for hydroxylation is 1. The zero-order valence-electron chi connectivity index (χ0n) is 18.3. The van der Waals surface area contributed by atoms with E-state index in [1.807, 2.05) is 31.3 Å². The summed E-state index contributed by atoms with van der Waals surface area (Å²) in [6.07, 6.45) is 4.22. The maximum absolute atomic E-state index is 13.1. The van der Waals surface area contributed by atoms with Crippen LogP contribution in [0, 0.1) is 5.82 Å². The van der Waals surface area contributed by atoms with Gasteiger partial charge in [-0.15, -0.1) is 0 Å². The van der Waals surface area contributed by atoms with Crippen LogP contribution in [0.2, 0.25) is 0 Å². The molecule has 0 spiro atoms. The summed E-state index contributed by atoms with van der Waals surface area (Å²) in [5, 5.41) is 7.37. The number of fused-ring (bicyclic) bond motifs is 1. The number of nitrogens with one attached hydrogen (secondary N) is 1. The summed E-state index contributed by atoms with van der Waals surface area (Å²) in [5.74, 6) is 1.30. The molecule has 1 aliphatic rings. The number of unbranched alkanes of at least 4 members (excludes halogenated alkanes) is 2. The lowest BCUT2D eigenvalue weighted by molar-refractivity contribution is -0.129. The Labute approximate surface area is 187 Å². The average Bonchev–Trinajstić information content (AvgIpc) is 3.28. The number of nitrogens with zero attached hydrogens (tertiary/aromatic N) is 2. The highest BCUT2D eigenvalue weighted by Gasteiger charge is 2.15. The summed E-state index contributed by atoms with van der Waals surface area (Å²) in [4.78, 5) is 14.3. The van der Waals surface area contributed by atoms with Crippen molar-refractivity contribution >= 4 is 5.91 Å². The van der Waals surface area contributed by atoms with Gasteiger partial charge in [-0.25, -0.2) is 4.39 Å². The first-order valence-electron chi connectivity index (χ1n) is 11.0. The molecule has 0 saturated carbocycles. The molecular formula is C25H28FN3O3. The minimum absolute atomic E-state index is 0.0965. The molecule has 1 N–H and O–H groups in total. The van der Waals surface area contributed by atoms with Gasteiger partial charge >= 0.3 is 0 Å². The molecule has 0 atom stereocenters. The van der Waals surface area contributed by atoms with E-state index in [4.69, 9.17) is 9.47 Å². The Morgan fingerprint density at radius 2 is 1.81 bits per heavy atom. The lowest BCUT2D eigenvalue weighted by Gasteiger charge is -2.20. The molecule has 1 aromatic heterocycles. The van der Waals surface area contributed by atoms with E-state index in [1.54, 1.807) is 17.0 Å². The first-order chi connectivity index (χ1) is 15.6. The van der Waals surface area contributed by atoms with E-state index in [9.17, 15) is 9.18 Å². The van der Waals surface area contributed by atoms with E-state index in [0.717, 1.165) is 60.5 Å². The summed E-state index contributed by atoms with van der Waals surface area (Å²) in [5.41, 5.74) is 3.71. The highest BCUT2D eigenvalue weighted by atomic mass is 19.1. The Morgan fingerprint density at radius 1 is 1.03 bits per heavy atom. The zero-order valence-corrected chi connectivity index (χ0v) is 18.3. The molecule has 2 aromatic carbocycles. The molecule has 32 heavy (non-hydrogen) atoms. The van der Waals surface area contributed by atoms with Crippen LogP contribution in [0.5, 0.6) is 11.5 Å². The number of aromatic nitrogens is 2. The van der Waals surface area contributed by atoms with Crippen molar-refractivity contribution in [1.82, 2.24) is 15.1 Å². The normalized spacial score (nSPS) is 12.6. The van der Waals surface area contributed by atoms with Crippen molar-refractivity contribution in [2.45, 2.75) is 32.1 Å². The van der Waals surface area contributed by atoms with Gasteiger partial charge in [0, 0.05) is 24.8 Å². The molecule has 4 rings (SSSR count). The third-order valence-corrected chi connectivity index (χ3v) is 5.60. The summed E-state index contributed by atoms with van der Waals surface area (Å²) in [7, 11) is 1.85. The lowest BCUT2D eigenvalue weighted by atomic mass is 10.1. The van der Waals surface area contributed by atoms with Crippen molar-refractivity contribution in [1.29, 1.82) is 0 Å². The second-order valence-electron chi connectivity index (χ2n) is 8.07. The zero-order chi connectivity index (χ0) is 22.3. The number of hydrogen-bond donors (Lipinski definition) is 1. The Balaban J connectivity index is 1.16. The molecule has 0 radical (unpaired) electrons. The number of rotatable bonds is 9. The van der Waals surface area contributed by atoms with Crippen LogP contribution < -0.4 is 9.47 Å². The summed E-state index contributed by atoms with van der Waals surface area (Å²) < 4.78 is 24.2. The number of ether oxygens (including phenoxy) is 2. The van der Waals surface area contributed by atoms with Crippen LogP contribution in [0.25, 0.3) is 11.3 Å². The van der Waals surface area contributed by atoms with Crippen LogP contribution in [0.1, 0.15) is 30.5 Å². The number of amides is 1. The molecule has 0 aliphatic carbocycles. The standard InChI is InChI=1S/C25H28FN3O3/c1-29(25(30)16-18-6-11-23-24(15-18)32-14-13-31-23)12-4-2-3-5-21-17-22(28-27-21)19-7-9-20(26)10-8-19/h6-11,15,17H,2-5,12-14,16H2,1H3,(H,27,28). The number of hydrogen-bond acceptors (Lipinski definition) is 4. The quantitative estimate of drug-likeness (QED) is 0.504. The molecule has 168 valence electrons. The topological polar surface area (TPSA) is 67.5 Å². The largest absolute Gasteiger partial charge is 0.486 e. The fourth-order valence-electron chi connectivity index (χ4n) is 3.73. The van der Waals surface area contributed by atoms with Gasteiger partial charge in [0.1, 0.15) is 19.0 Å². The Morgan fingerprint density at radius 3 is 2.62 bits per heavy atom. The molecule has 7 heteroatoms. The minimum atomic E-state index is -0.251. The van der Waals surface area contributed by atoms with Crippen molar-refractivity contribution in [3.63, 3.8) is 0 Å². The number of carbonyl (C=O) groups excluding carboxylic acids is 1. The van der Waals surface area contributed by atoms with Crippen molar-refractivity contribution in [3.05, 3.63) is 65.6 Å². The Kier molecular flexibility index (Phi) is 7.04. The molecule has 2 heterocycles.